The molecule has 2 aromatic rings. The Morgan fingerprint density at radius 2 is 1.45 bits per heavy atom. The lowest BCUT2D eigenvalue weighted by Crippen LogP contribution is -2.14. The van der Waals surface area contributed by atoms with E-state index in [1.165, 1.54) is 11.1 Å². The molecule has 0 heterocycles. The summed E-state index contributed by atoms with van der Waals surface area (Å²) < 4.78 is 0. The zero-order valence-electron chi connectivity index (χ0n) is 12.8. The van der Waals surface area contributed by atoms with Crippen LogP contribution in [0.1, 0.15) is 38.2 Å². The van der Waals surface area contributed by atoms with E-state index in [1.54, 1.807) is 0 Å². The van der Waals surface area contributed by atoms with Crippen LogP contribution in [0.5, 0.6) is 0 Å². The summed E-state index contributed by atoms with van der Waals surface area (Å²) in [5, 5.41) is 3.00. The molecule has 0 saturated heterocycles. The molecule has 2 rings (SSSR count). The molecule has 104 valence electrons. The average Bonchev–Trinajstić information content (AvgIpc) is 2.37. The van der Waals surface area contributed by atoms with Gasteiger partial charge in [0.25, 0.3) is 5.91 Å². The van der Waals surface area contributed by atoms with Crippen molar-refractivity contribution in [3.8, 4) is 0 Å². The monoisotopic (exact) mass is 267 g/mol. The molecule has 0 bridgehead atoms. The van der Waals surface area contributed by atoms with Crippen LogP contribution in [0, 0.1) is 34.6 Å². The van der Waals surface area contributed by atoms with E-state index >= 15 is 0 Å². The van der Waals surface area contributed by atoms with Crippen LogP contribution in [0.15, 0.2) is 30.3 Å². The molecule has 20 heavy (non-hydrogen) atoms. The Morgan fingerprint density at radius 3 is 2.10 bits per heavy atom. The van der Waals surface area contributed by atoms with Gasteiger partial charge < -0.3 is 5.32 Å². The Bertz CT molecular complexity index is 671. The van der Waals surface area contributed by atoms with Crippen LogP contribution in [0.3, 0.4) is 0 Å². The van der Waals surface area contributed by atoms with Crippen molar-refractivity contribution in [3.63, 3.8) is 0 Å². The standard InChI is InChI=1S/C18H21NO/c1-11-6-7-17(15(5)8-11)19-18(20)16-10-13(3)12(2)9-14(16)4/h6-10H,1-5H3,(H,19,20). The Kier molecular flexibility index (Phi) is 3.93. The van der Waals surface area contributed by atoms with E-state index in [4.69, 9.17) is 0 Å². The second kappa shape index (κ2) is 5.49. The van der Waals surface area contributed by atoms with E-state index in [0.717, 1.165) is 27.9 Å². The topological polar surface area (TPSA) is 29.1 Å². The lowest BCUT2D eigenvalue weighted by atomic mass is 10.00. The van der Waals surface area contributed by atoms with Crippen molar-refractivity contribution in [1.82, 2.24) is 0 Å². The number of aryl methyl sites for hydroxylation is 5. The fraction of sp³-hybridized carbons (Fsp3) is 0.278. The minimum Gasteiger partial charge on any atom is -0.322 e. The molecular formula is C18H21NO. The van der Waals surface area contributed by atoms with Gasteiger partial charge >= 0.3 is 0 Å². The third-order valence-electron chi connectivity index (χ3n) is 3.72. The van der Waals surface area contributed by atoms with Gasteiger partial charge in [-0.25, -0.2) is 0 Å². The molecule has 0 unspecified atom stereocenters. The molecule has 2 nitrogen and oxygen atoms in total. The number of hydrogen-bond acceptors (Lipinski definition) is 1. The molecule has 0 saturated carbocycles. The SMILES string of the molecule is Cc1ccc(NC(=O)c2cc(C)c(C)cc2C)c(C)c1. The van der Waals surface area contributed by atoms with E-state index in [9.17, 15) is 4.79 Å². The first-order valence-corrected chi connectivity index (χ1v) is 6.85. The van der Waals surface area contributed by atoms with Crippen molar-refractivity contribution < 1.29 is 4.79 Å². The van der Waals surface area contributed by atoms with Gasteiger partial charge in [0, 0.05) is 11.3 Å². The first kappa shape index (κ1) is 14.3. The van der Waals surface area contributed by atoms with Gasteiger partial charge in [-0.2, -0.15) is 0 Å². The Hall–Kier alpha value is -2.09. The molecular weight excluding hydrogens is 246 g/mol. The first-order valence-electron chi connectivity index (χ1n) is 6.85. The Balaban J connectivity index is 2.31. The minimum absolute atomic E-state index is 0.0439. The predicted octanol–water partition coefficient (Wildman–Crippen LogP) is 4.48. The molecule has 2 heteroatoms. The summed E-state index contributed by atoms with van der Waals surface area (Å²) in [7, 11) is 0. The number of nitrogens with one attached hydrogen (secondary N) is 1. The molecule has 0 atom stereocenters. The summed E-state index contributed by atoms with van der Waals surface area (Å²) in [5.41, 5.74) is 7.26. The minimum atomic E-state index is -0.0439. The number of hydrogen-bond donors (Lipinski definition) is 1. The fourth-order valence-corrected chi connectivity index (χ4v) is 2.35. The third kappa shape index (κ3) is 2.90. The molecule has 0 fully saturated rings. The van der Waals surface area contributed by atoms with Crippen molar-refractivity contribution in [1.29, 1.82) is 0 Å². The van der Waals surface area contributed by atoms with Gasteiger partial charge in [0.15, 0.2) is 0 Å². The van der Waals surface area contributed by atoms with E-state index in [0.29, 0.717) is 0 Å². The molecule has 0 spiro atoms. The Labute approximate surface area is 120 Å². The highest BCUT2D eigenvalue weighted by molar-refractivity contribution is 6.05. The van der Waals surface area contributed by atoms with Crippen LogP contribution in [0.4, 0.5) is 5.69 Å². The van der Waals surface area contributed by atoms with E-state index < -0.39 is 0 Å². The number of amides is 1. The van der Waals surface area contributed by atoms with Crippen LogP contribution in [0.2, 0.25) is 0 Å². The van der Waals surface area contributed by atoms with Gasteiger partial charge in [-0.05, 0) is 69.0 Å². The Morgan fingerprint density at radius 1 is 0.800 bits per heavy atom. The summed E-state index contributed by atoms with van der Waals surface area (Å²) in [5.74, 6) is -0.0439. The fourth-order valence-electron chi connectivity index (χ4n) is 2.35. The van der Waals surface area contributed by atoms with Crippen molar-refractivity contribution >= 4 is 11.6 Å². The molecule has 1 N–H and O–H groups in total. The highest BCUT2D eigenvalue weighted by atomic mass is 16.1. The predicted molar refractivity (Wildman–Crippen MR) is 84.5 cm³/mol. The third-order valence-corrected chi connectivity index (χ3v) is 3.72. The molecule has 2 aromatic carbocycles. The van der Waals surface area contributed by atoms with Crippen molar-refractivity contribution in [2.24, 2.45) is 0 Å². The highest BCUT2D eigenvalue weighted by Crippen LogP contribution is 2.20. The smallest absolute Gasteiger partial charge is 0.255 e. The van der Waals surface area contributed by atoms with Crippen LogP contribution in [0.25, 0.3) is 0 Å². The summed E-state index contributed by atoms with van der Waals surface area (Å²) >= 11 is 0. The van der Waals surface area contributed by atoms with Crippen molar-refractivity contribution in [2.45, 2.75) is 34.6 Å². The zero-order chi connectivity index (χ0) is 14.9. The van der Waals surface area contributed by atoms with Gasteiger partial charge in [-0.1, -0.05) is 23.8 Å². The van der Waals surface area contributed by atoms with Crippen LogP contribution in [-0.2, 0) is 0 Å². The maximum Gasteiger partial charge on any atom is 0.255 e. The van der Waals surface area contributed by atoms with E-state index in [1.807, 2.05) is 45.9 Å². The second-order valence-corrected chi connectivity index (χ2v) is 5.52. The first-order chi connectivity index (χ1) is 9.38. The largest absolute Gasteiger partial charge is 0.322 e. The summed E-state index contributed by atoms with van der Waals surface area (Å²) in [4.78, 5) is 12.4. The summed E-state index contributed by atoms with van der Waals surface area (Å²) in [6, 6.07) is 10.1. The van der Waals surface area contributed by atoms with Gasteiger partial charge in [-0.3, -0.25) is 4.79 Å². The van der Waals surface area contributed by atoms with Gasteiger partial charge in [0.2, 0.25) is 0 Å². The van der Waals surface area contributed by atoms with Gasteiger partial charge in [0.05, 0.1) is 0 Å². The number of benzene rings is 2. The number of carbonyl (C=O) groups excluding carboxylic acids is 1. The molecule has 0 aliphatic carbocycles. The molecule has 0 radical (unpaired) electrons. The maximum absolute atomic E-state index is 12.4. The van der Waals surface area contributed by atoms with Crippen LogP contribution in [-0.4, -0.2) is 5.91 Å². The zero-order valence-corrected chi connectivity index (χ0v) is 12.8. The summed E-state index contributed by atoms with van der Waals surface area (Å²) in [6.45, 7) is 10.1. The average molecular weight is 267 g/mol. The quantitative estimate of drug-likeness (QED) is 0.854. The van der Waals surface area contributed by atoms with Crippen molar-refractivity contribution in [2.75, 3.05) is 5.32 Å². The van der Waals surface area contributed by atoms with E-state index in [2.05, 4.69) is 24.4 Å². The number of anilines is 1. The normalized spacial score (nSPS) is 10.4. The second-order valence-electron chi connectivity index (χ2n) is 5.52. The molecule has 1 amide bonds. The molecule has 0 aromatic heterocycles. The van der Waals surface area contributed by atoms with E-state index in [-0.39, 0.29) is 5.91 Å². The highest BCUT2D eigenvalue weighted by Gasteiger charge is 2.11. The number of rotatable bonds is 2. The number of carbonyl (C=O) groups is 1. The molecule has 0 aliphatic rings. The van der Waals surface area contributed by atoms with Crippen LogP contribution >= 0.6 is 0 Å². The van der Waals surface area contributed by atoms with Crippen LogP contribution < -0.4 is 5.32 Å². The lowest BCUT2D eigenvalue weighted by Gasteiger charge is -2.12. The lowest BCUT2D eigenvalue weighted by molar-refractivity contribution is 0.102. The maximum atomic E-state index is 12.4. The summed E-state index contributed by atoms with van der Waals surface area (Å²) in [6.07, 6.45) is 0. The van der Waals surface area contributed by atoms with Gasteiger partial charge in [-0.15, -0.1) is 0 Å². The van der Waals surface area contributed by atoms with Gasteiger partial charge in [0.1, 0.15) is 0 Å². The van der Waals surface area contributed by atoms with Crippen molar-refractivity contribution in [3.05, 3.63) is 63.7 Å². The molecule has 0 aliphatic heterocycles.